The molecular formula is C27H33N5O6S. The monoisotopic (exact) mass is 555 g/mol. The zero-order chi connectivity index (χ0) is 28.2. The topological polar surface area (TPSA) is 136 Å². The van der Waals surface area contributed by atoms with E-state index in [1.54, 1.807) is 42.5 Å². The van der Waals surface area contributed by atoms with Gasteiger partial charge in [0.25, 0.3) is 5.91 Å². The molecule has 0 saturated carbocycles. The molecular weight excluding hydrogens is 522 g/mol. The number of piperidine rings is 1. The fraction of sp³-hybridized carbons (Fsp3) is 0.407. The molecule has 2 fully saturated rings. The van der Waals surface area contributed by atoms with Crippen molar-refractivity contribution in [2.45, 2.75) is 29.8 Å². The van der Waals surface area contributed by atoms with Crippen molar-refractivity contribution in [2.24, 2.45) is 0 Å². The number of hydrogen-bond donors (Lipinski definition) is 2. The number of nitrogens with zero attached hydrogens (tertiary/aromatic N) is 3. The first-order valence-electron chi connectivity index (χ1n) is 12.8. The molecule has 11 nitrogen and oxygen atoms in total. The Labute approximate surface area is 228 Å². The fourth-order valence-electron chi connectivity index (χ4n) is 4.69. The highest BCUT2D eigenvalue weighted by atomic mass is 32.2. The van der Waals surface area contributed by atoms with Crippen molar-refractivity contribution in [1.82, 2.24) is 20.4 Å². The van der Waals surface area contributed by atoms with Gasteiger partial charge in [0.15, 0.2) is 9.84 Å². The van der Waals surface area contributed by atoms with Gasteiger partial charge in [-0.15, -0.1) is 0 Å². The molecule has 2 aliphatic rings. The van der Waals surface area contributed by atoms with Crippen LogP contribution in [-0.2, 0) is 24.2 Å². The van der Waals surface area contributed by atoms with Gasteiger partial charge in [0, 0.05) is 45.0 Å². The van der Waals surface area contributed by atoms with Gasteiger partial charge in [0.2, 0.25) is 17.7 Å². The maximum Gasteiger partial charge on any atom is 0.254 e. The second-order valence-corrected chi connectivity index (χ2v) is 11.9. The molecule has 0 bridgehead atoms. The molecule has 0 aliphatic carbocycles. The number of rotatable bonds is 7. The first kappa shape index (κ1) is 28.1. The van der Waals surface area contributed by atoms with Crippen LogP contribution in [-0.4, -0.2) is 100.0 Å². The highest BCUT2D eigenvalue weighted by molar-refractivity contribution is 7.92. The molecule has 2 N–H and O–H groups in total. The maximum absolute atomic E-state index is 13.5. The lowest BCUT2D eigenvalue weighted by Crippen LogP contribution is -2.64. The van der Waals surface area contributed by atoms with Crippen LogP contribution < -0.4 is 15.5 Å². The van der Waals surface area contributed by atoms with Gasteiger partial charge in [0.1, 0.15) is 17.8 Å². The maximum atomic E-state index is 13.5. The zero-order valence-corrected chi connectivity index (χ0v) is 22.8. The summed E-state index contributed by atoms with van der Waals surface area (Å²) in [6.45, 7) is 0.434. The lowest BCUT2D eigenvalue weighted by Gasteiger charge is -2.41. The summed E-state index contributed by atoms with van der Waals surface area (Å²) in [5.74, 6) is -2.67. The van der Waals surface area contributed by atoms with Crippen molar-refractivity contribution in [2.75, 3.05) is 50.9 Å². The van der Waals surface area contributed by atoms with E-state index in [1.807, 2.05) is 19.0 Å². The Hall–Kier alpha value is -3.93. The number of piperazine rings is 1. The number of amides is 4. The summed E-state index contributed by atoms with van der Waals surface area (Å²) in [7, 11) is -0.126. The van der Waals surface area contributed by atoms with Crippen molar-refractivity contribution >= 4 is 39.2 Å². The van der Waals surface area contributed by atoms with E-state index in [1.165, 1.54) is 21.9 Å². The Morgan fingerprint density at radius 3 is 2.36 bits per heavy atom. The van der Waals surface area contributed by atoms with Gasteiger partial charge in [-0.1, -0.05) is 18.2 Å². The standard InChI is InChI=1S/C27H33N5O6S/c1-30(2)20-12-10-19(11-13-20)27(36)32-16-15-31(24(33)18-39(37,38)21-7-4-3-5-8-21)17-23(32)26(35)29-22-9-6-14-28-25(22)34/h3-5,7-8,10-13,22-23H,6,9,14-18H2,1-2H3,(H,28,34)(H,29,35)/t22-,23+/m0/s1. The molecule has 2 atom stereocenters. The number of nitrogens with one attached hydrogen (secondary N) is 2. The highest BCUT2D eigenvalue weighted by Gasteiger charge is 2.39. The Morgan fingerprint density at radius 2 is 1.72 bits per heavy atom. The van der Waals surface area contributed by atoms with Crippen molar-refractivity contribution in [1.29, 1.82) is 0 Å². The van der Waals surface area contributed by atoms with Gasteiger partial charge in [-0.05, 0) is 49.2 Å². The summed E-state index contributed by atoms with van der Waals surface area (Å²) in [5, 5.41) is 5.44. The third kappa shape index (κ3) is 6.56. The van der Waals surface area contributed by atoms with Crippen LogP contribution in [0.5, 0.6) is 0 Å². The minimum atomic E-state index is -3.89. The van der Waals surface area contributed by atoms with E-state index in [0.717, 1.165) is 5.69 Å². The van der Waals surface area contributed by atoms with Gasteiger partial charge < -0.3 is 25.3 Å². The number of sulfone groups is 1. The van der Waals surface area contributed by atoms with Crippen molar-refractivity contribution < 1.29 is 27.6 Å². The van der Waals surface area contributed by atoms with Gasteiger partial charge in [-0.2, -0.15) is 0 Å². The van der Waals surface area contributed by atoms with E-state index in [-0.39, 0.29) is 30.4 Å². The average Bonchev–Trinajstić information content (AvgIpc) is 2.94. The Bertz CT molecular complexity index is 1330. The molecule has 0 unspecified atom stereocenters. The number of anilines is 1. The third-order valence-corrected chi connectivity index (χ3v) is 8.56. The molecule has 12 heteroatoms. The van der Waals surface area contributed by atoms with E-state index in [0.29, 0.717) is 24.9 Å². The highest BCUT2D eigenvalue weighted by Crippen LogP contribution is 2.20. The summed E-state index contributed by atoms with van der Waals surface area (Å²) in [6.07, 6.45) is 1.16. The fourth-order valence-corrected chi connectivity index (χ4v) is 5.93. The van der Waals surface area contributed by atoms with Crippen LogP contribution in [0.15, 0.2) is 59.5 Å². The SMILES string of the molecule is CN(C)c1ccc(C(=O)N2CCN(C(=O)CS(=O)(=O)c3ccccc3)C[C@@H]2C(=O)N[C@H]2CCCNC2=O)cc1. The molecule has 4 amide bonds. The van der Waals surface area contributed by atoms with Crippen LogP contribution in [0.3, 0.4) is 0 Å². The summed E-state index contributed by atoms with van der Waals surface area (Å²) in [6, 6.07) is 12.8. The van der Waals surface area contributed by atoms with Gasteiger partial charge in [0.05, 0.1) is 11.4 Å². The van der Waals surface area contributed by atoms with Crippen LogP contribution in [0.25, 0.3) is 0 Å². The van der Waals surface area contributed by atoms with E-state index in [4.69, 9.17) is 0 Å². The lowest BCUT2D eigenvalue weighted by atomic mass is 10.0. The molecule has 39 heavy (non-hydrogen) atoms. The Kier molecular flexibility index (Phi) is 8.54. The third-order valence-electron chi connectivity index (χ3n) is 6.94. The molecule has 2 aliphatic heterocycles. The largest absolute Gasteiger partial charge is 0.378 e. The van der Waals surface area contributed by atoms with E-state index < -0.39 is 45.4 Å². The summed E-state index contributed by atoms with van der Waals surface area (Å²) >= 11 is 0. The average molecular weight is 556 g/mol. The quantitative estimate of drug-likeness (QED) is 0.501. The van der Waals surface area contributed by atoms with Crippen LogP contribution in [0.4, 0.5) is 5.69 Å². The minimum absolute atomic E-state index is 0.0281. The predicted molar refractivity (Wildman–Crippen MR) is 145 cm³/mol. The Morgan fingerprint density at radius 1 is 1.03 bits per heavy atom. The van der Waals surface area contributed by atoms with E-state index in [9.17, 15) is 27.6 Å². The van der Waals surface area contributed by atoms with Gasteiger partial charge in [-0.25, -0.2) is 8.42 Å². The first-order valence-corrected chi connectivity index (χ1v) is 14.4. The molecule has 0 spiro atoms. The molecule has 0 aromatic heterocycles. The molecule has 2 heterocycles. The van der Waals surface area contributed by atoms with Gasteiger partial charge >= 0.3 is 0 Å². The van der Waals surface area contributed by atoms with Crippen LogP contribution in [0, 0.1) is 0 Å². The molecule has 4 rings (SSSR count). The summed E-state index contributed by atoms with van der Waals surface area (Å²) < 4.78 is 25.6. The summed E-state index contributed by atoms with van der Waals surface area (Å²) in [5.41, 5.74) is 1.28. The molecule has 0 radical (unpaired) electrons. The van der Waals surface area contributed by atoms with Crippen molar-refractivity contribution in [3.8, 4) is 0 Å². The molecule has 2 saturated heterocycles. The van der Waals surface area contributed by atoms with Crippen molar-refractivity contribution in [3.05, 3.63) is 60.2 Å². The summed E-state index contributed by atoms with van der Waals surface area (Å²) in [4.78, 5) is 56.9. The zero-order valence-electron chi connectivity index (χ0n) is 22.0. The second-order valence-electron chi connectivity index (χ2n) is 9.86. The molecule has 208 valence electrons. The second kappa shape index (κ2) is 11.9. The molecule has 2 aromatic carbocycles. The van der Waals surface area contributed by atoms with Crippen LogP contribution in [0.1, 0.15) is 23.2 Å². The Balaban J connectivity index is 1.54. The van der Waals surface area contributed by atoms with Crippen LogP contribution >= 0.6 is 0 Å². The normalized spacial score (nSPS) is 19.7. The predicted octanol–water partition coefficient (Wildman–Crippen LogP) is 0.274. The number of carbonyl (C=O) groups is 4. The smallest absolute Gasteiger partial charge is 0.254 e. The number of carbonyl (C=O) groups excluding carboxylic acids is 4. The molecule has 2 aromatic rings. The van der Waals surface area contributed by atoms with Crippen LogP contribution in [0.2, 0.25) is 0 Å². The minimum Gasteiger partial charge on any atom is -0.378 e. The number of benzene rings is 2. The van der Waals surface area contributed by atoms with Crippen molar-refractivity contribution in [3.63, 3.8) is 0 Å². The number of hydrogen-bond acceptors (Lipinski definition) is 7. The van der Waals surface area contributed by atoms with Gasteiger partial charge in [-0.3, -0.25) is 19.2 Å². The first-order chi connectivity index (χ1) is 18.6. The van der Waals surface area contributed by atoms with E-state index >= 15 is 0 Å². The lowest BCUT2D eigenvalue weighted by molar-refractivity contribution is -0.137. The van der Waals surface area contributed by atoms with E-state index in [2.05, 4.69) is 10.6 Å².